The maximum atomic E-state index is 12.4. The number of carbonyl (C=O) groups excluding carboxylic acids is 1. The Hall–Kier alpha value is -2.54. The van der Waals surface area contributed by atoms with E-state index < -0.39 is 0 Å². The summed E-state index contributed by atoms with van der Waals surface area (Å²) in [6.45, 7) is 0.492. The van der Waals surface area contributed by atoms with E-state index in [1.54, 1.807) is 35.6 Å². The zero-order chi connectivity index (χ0) is 16.5. The van der Waals surface area contributed by atoms with E-state index in [-0.39, 0.29) is 17.2 Å². The van der Waals surface area contributed by atoms with Crippen LogP contribution in [0.1, 0.15) is 39.9 Å². The quantitative estimate of drug-likeness (QED) is 0.745. The Kier molecular flexibility index (Phi) is 3.86. The summed E-state index contributed by atoms with van der Waals surface area (Å²) in [6, 6.07) is 6.96. The van der Waals surface area contributed by atoms with Crippen LogP contribution in [0.4, 0.5) is 0 Å². The Bertz CT molecular complexity index is 958. The average molecular weight is 340 g/mol. The summed E-state index contributed by atoms with van der Waals surface area (Å²) >= 11 is 1.64. The van der Waals surface area contributed by atoms with Crippen LogP contribution in [0.2, 0.25) is 0 Å². The number of nitrogens with one attached hydrogen (secondary N) is 2. The zero-order valence-corrected chi connectivity index (χ0v) is 13.7. The minimum Gasteiger partial charge on any atom is -0.350 e. The minimum absolute atomic E-state index is 0.239. The highest BCUT2D eigenvalue weighted by Gasteiger charge is 2.25. The highest BCUT2D eigenvalue weighted by molar-refractivity contribution is 7.09. The van der Waals surface area contributed by atoms with Crippen LogP contribution in [0.3, 0.4) is 0 Å². The van der Waals surface area contributed by atoms with Gasteiger partial charge in [-0.15, -0.1) is 11.3 Å². The molecule has 2 aromatic heterocycles. The first kappa shape index (κ1) is 15.0. The van der Waals surface area contributed by atoms with Crippen LogP contribution in [0, 0.1) is 0 Å². The number of hydrogen-bond acceptors (Lipinski definition) is 5. The molecule has 6 nitrogen and oxygen atoms in total. The standard InChI is InChI=1S/C17H16N4O2S/c22-16-12-4-2-1-3-11(12)15(20-21-16)17(23)18-8-7-14-19-13(9-24-14)10-5-6-10/h1-4,9-10H,5-8H2,(H,18,23)(H,21,22). The first-order valence-electron chi connectivity index (χ1n) is 7.92. The average Bonchev–Trinajstić information content (AvgIpc) is 3.35. The predicted octanol–water partition coefficient (Wildman–Crippen LogP) is 2.23. The van der Waals surface area contributed by atoms with Crippen molar-refractivity contribution in [3.8, 4) is 0 Å². The van der Waals surface area contributed by atoms with Crippen molar-refractivity contribution in [1.29, 1.82) is 0 Å². The van der Waals surface area contributed by atoms with Gasteiger partial charge in [0.25, 0.3) is 11.5 Å². The minimum atomic E-state index is -0.294. The number of nitrogens with zero attached hydrogens (tertiary/aromatic N) is 2. The molecule has 24 heavy (non-hydrogen) atoms. The van der Waals surface area contributed by atoms with Crippen LogP contribution < -0.4 is 10.9 Å². The molecule has 1 aromatic carbocycles. The number of aromatic nitrogens is 3. The lowest BCUT2D eigenvalue weighted by Gasteiger charge is -2.05. The van der Waals surface area contributed by atoms with E-state index >= 15 is 0 Å². The van der Waals surface area contributed by atoms with Crippen molar-refractivity contribution in [1.82, 2.24) is 20.5 Å². The Morgan fingerprint density at radius 1 is 1.29 bits per heavy atom. The number of amides is 1. The number of hydrogen-bond donors (Lipinski definition) is 2. The Morgan fingerprint density at radius 3 is 2.88 bits per heavy atom. The molecular weight excluding hydrogens is 324 g/mol. The van der Waals surface area contributed by atoms with Gasteiger partial charge in [-0.05, 0) is 18.9 Å². The molecule has 7 heteroatoms. The molecule has 0 aliphatic heterocycles. The van der Waals surface area contributed by atoms with Gasteiger partial charge in [0.1, 0.15) is 0 Å². The van der Waals surface area contributed by atoms with Gasteiger partial charge in [0.2, 0.25) is 0 Å². The lowest BCUT2D eigenvalue weighted by molar-refractivity contribution is 0.0950. The molecule has 0 bridgehead atoms. The number of fused-ring (bicyclic) bond motifs is 1. The van der Waals surface area contributed by atoms with E-state index in [4.69, 9.17) is 0 Å². The van der Waals surface area contributed by atoms with Crippen LogP contribution in [0.25, 0.3) is 10.8 Å². The number of H-pyrrole nitrogens is 1. The fraction of sp³-hybridized carbons (Fsp3) is 0.294. The fourth-order valence-electron chi connectivity index (χ4n) is 2.66. The molecule has 2 heterocycles. The van der Waals surface area contributed by atoms with Crippen molar-refractivity contribution in [2.75, 3.05) is 6.54 Å². The molecule has 1 aliphatic carbocycles. The van der Waals surface area contributed by atoms with Gasteiger partial charge in [-0.3, -0.25) is 9.59 Å². The summed E-state index contributed by atoms with van der Waals surface area (Å²) in [7, 11) is 0. The molecule has 0 atom stereocenters. The van der Waals surface area contributed by atoms with Gasteiger partial charge in [0, 0.05) is 29.6 Å². The highest BCUT2D eigenvalue weighted by Crippen LogP contribution is 2.40. The lowest BCUT2D eigenvalue weighted by atomic mass is 10.1. The first-order valence-corrected chi connectivity index (χ1v) is 8.80. The molecule has 4 rings (SSSR count). The summed E-state index contributed by atoms with van der Waals surface area (Å²) in [5.41, 5.74) is 1.13. The van der Waals surface area contributed by atoms with Crippen LogP contribution in [0.5, 0.6) is 0 Å². The topological polar surface area (TPSA) is 87.7 Å². The van der Waals surface area contributed by atoms with E-state index in [0.29, 0.717) is 29.7 Å². The van der Waals surface area contributed by atoms with Gasteiger partial charge in [-0.1, -0.05) is 18.2 Å². The second-order valence-electron chi connectivity index (χ2n) is 5.89. The molecule has 1 fully saturated rings. The number of aromatic amines is 1. The van der Waals surface area contributed by atoms with Gasteiger partial charge < -0.3 is 5.32 Å². The second kappa shape index (κ2) is 6.16. The van der Waals surface area contributed by atoms with E-state index in [1.807, 2.05) is 0 Å². The fourth-order valence-corrected chi connectivity index (χ4v) is 3.54. The molecule has 2 N–H and O–H groups in total. The van der Waals surface area contributed by atoms with Crippen LogP contribution in [-0.4, -0.2) is 27.6 Å². The molecule has 0 unspecified atom stereocenters. The SMILES string of the molecule is O=C(NCCc1nc(C2CC2)cs1)c1n[nH]c(=O)c2ccccc12. The number of benzene rings is 1. The number of rotatable bonds is 5. The van der Waals surface area contributed by atoms with E-state index in [0.717, 1.165) is 5.01 Å². The normalized spacial score (nSPS) is 14.0. The third-order valence-corrected chi connectivity index (χ3v) is 5.03. The van der Waals surface area contributed by atoms with E-state index in [2.05, 4.69) is 25.9 Å². The Morgan fingerprint density at radius 2 is 2.08 bits per heavy atom. The zero-order valence-electron chi connectivity index (χ0n) is 12.9. The summed E-state index contributed by atoms with van der Waals surface area (Å²) in [4.78, 5) is 28.7. The third kappa shape index (κ3) is 2.94. The van der Waals surface area contributed by atoms with Crippen molar-refractivity contribution < 1.29 is 4.79 Å². The largest absolute Gasteiger partial charge is 0.350 e. The maximum Gasteiger partial charge on any atom is 0.272 e. The van der Waals surface area contributed by atoms with E-state index in [1.165, 1.54) is 18.5 Å². The molecule has 0 saturated heterocycles. The van der Waals surface area contributed by atoms with Crippen molar-refractivity contribution in [2.24, 2.45) is 0 Å². The second-order valence-corrected chi connectivity index (χ2v) is 6.84. The van der Waals surface area contributed by atoms with Crippen molar-refractivity contribution >= 4 is 28.0 Å². The van der Waals surface area contributed by atoms with Crippen molar-refractivity contribution in [3.63, 3.8) is 0 Å². The molecule has 122 valence electrons. The molecule has 0 spiro atoms. The Labute approximate surface area is 141 Å². The highest BCUT2D eigenvalue weighted by atomic mass is 32.1. The summed E-state index contributed by atoms with van der Waals surface area (Å²) < 4.78 is 0. The van der Waals surface area contributed by atoms with Crippen molar-refractivity contribution in [2.45, 2.75) is 25.2 Å². The van der Waals surface area contributed by atoms with Crippen LogP contribution >= 0.6 is 11.3 Å². The number of thiazole rings is 1. The first-order chi connectivity index (χ1) is 11.7. The molecule has 0 radical (unpaired) electrons. The molecule has 1 saturated carbocycles. The summed E-state index contributed by atoms with van der Waals surface area (Å²) in [6.07, 6.45) is 3.18. The monoisotopic (exact) mass is 340 g/mol. The van der Waals surface area contributed by atoms with Gasteiger partial charge in [-0.2, -0.15) is 5.10 Å². The predicted molar refractivity (Wildman–Crippen MR) is 92.5 cm³/mol. The van der Waals surface area contributed by atoms with Crippen LogP contribution in [-0.2, 0) is 6.42 Å². The van der Waals surface area contributed by atoms with Crippen molar-refractivity contribution in [3.05, 3.63) is 56.4 Å². The van der Waals surface area contributed by atoms with Crippen LogP contribution in [0.15, 0.2) is 34.4 Å². The lowest BCUT2D eigenvalue weighted by Crippen LogP contribution is -2.28. The smallest absolute Gasteiger partial charge is 0.272 e. The Balaban J connectivity index is 1.44. The molecule has 1 aliphatic rings. The molecular formula is C17H16N4O2S. The van der Waals surface area contributed by atoms with Gasteiger partial charge in [0.15, 0.2) is 5.69 Å². The maximum absolute atomic E-state index is 12.4. The van der Waals surface area contributed by atoms with Gasteiger partial charge in [0.05, 0.1) is 16.1 Å². The summed E-state index contributed by atoms with van der Waals surface area (Å²) in [5.74, 6) is 0.364. The third-order valence-electron chi connectivity index (χ3n) is 4.10. The van der Waals surface area contributed by atoms with E-state index in [9.17, 15) is 9.59 Å². The van der Waals surface area contributed by atoms with Gasteiger partial charge in [-0.25, -0.2) is 10.1 Å². The summed E-state index contributed by atoms with van der Waals surface area (Å²) in [5, 5.41) is 13.3. The molecule has 3 aromatic rings. The van der Waals surface area contributed by atoms with Gasteiger partial charge >= 0.3 is 0 Å². The number of carbonyl (C=O) groups is 1. The molecule has 1 amide bonds.